The Labute approximate surface area is 191 Å². The van der Waals surface area contributed by atoms with E-state index in [9.17, 15) is 36.3 Å². The van der Waals surface area contributed by atoms with Gasteiger partial charge in [0.1, 0.15) is 23.1 Å². The molecule has 1 heterocycles. The van der Waals surface area contributed by atoms with Gasteiger partial charge in [0, 0.05) is 25.2 Å². The first-order valence-corrected chi connectivity index (χ1v) is 9.39. The van der Waals surface area contributed by atoms with E-state index >= 15 is 0 Å². The zero-order valence-corrected chi connectivity index (χ0v) is 17.6. The third-order valence-corrected chi connectivity index (χ3v) is 4.63. The van der Waals surface area contributed by atoms with Crippen molar-refractivity contribution in [2.75, 3.05) is 6.61 Å². The summed E-state index contributed by atoms with van der Waals surface area (Å²) in [5.74, 6) is -4.52. The smallest absolute Gasteiger partial charge is 0.431 e. The van der Waals surface area contributed by atoms with Gasteiger partial charge in [-0.05, 0) is 18.2 Å². The lowest BCUT2D eigenvalue weighted by Gasteiger charge is -2.16. The van der Waals surface area contributed by atoms with Gasteiger partial charge in [-0.25, -0.2) is 22.9 Å². The highest BCUT2D eigenvalue weighted by Crippen LogP contribution is 2.37. The number of hydrogen-bond acceptors (Lipinski definition) is 5. The van der Waals surface area contributed by atoms with Gasteiger partial charge in [-0.3, -0.25) is 9.36 Å². The Kier molecular flexibility index (Phi) is 6.68. The third-order valence-electron chi connectivity index (χ3n) is 4.33. The number of nitrogens with zero attached hydrogens (tertiary/aromatic N) is 2. The Balaban J connectivity index is 2.14. The Morgan fingerprint density at radius 1 is 1.06 bits per heavy atom. The van der Waals surface area contributed by atoms with Crippen molar-refractivity contribution < 1.29 is 41.3 Å². The molecule has 0 spiro atoms. The van der Waals surface area contributed by atoms with Crippen LogP contribution in [-0.2, 0) is 18.0 Å². The summed E-state index contributed by atoms with van der Waals surface area (Å²) in [6.07, 6.45) is -5.03. The van der Waals surface area contributed by atoms with E-state index in [4.69, 9.17) is 26.2 Å². The fourth-order valence-corrected chi connectivity index (χ4v) is 3.02. The number of carboxylic acid groups (broad SMARTS) is 1. The first kappa shape index (κ1) is 24.8. The molecule has 180 valence electrons. The molecule has 34 heavy (non-hydrogen) atoms. The zero-order valence-electron chi connectivity index (χ0n) is 16.8. The third kappa shape index (κ3) is 5.03. The van der Waals surface area contributed by atoms with E-state index < -0.39 is 69.5 Å². The summed E-state index contributed by atoms with van der Waals surface area (Å²) >= 11 is 5.94. The summed E-state index contributed by atoms with van der Waals surface area (Å²) in [6, 6.07) is 4.24. The Bertz CT molecular complexity index is 1400. The molecule has 3 aromatic rings. The summed E-state index contributed by atoms with van der Waals surface area (Å²) in [4.78, 5) is 35.5. The molecule has 0 radical (unpaired) electrons. The Hall–Kier alpha value is -3.87. The number of hydrogen-bond donors (Lipinski definition) is 1. The highest BCUT2D eigenvalue weighted by atomic mass is 35.5. The molecule has 0 bridgehead atoms. The van der Waals surface area contributed by atoms with Gasteiger partial charge in [0.15, 0.2) is 18.1 Å². The molecule has 0 aliphatic carbocycles. The molecule has 0 saturated heterocycles. The molecular formula is C20H12ClF5N2O6. The van der Waals surface area contributed by atoms with E-state index in [0.717, 1.165) is 31.3 Å². The highest BCUT2D eigenvalue weighted by Gasteiger charge is 2.35. The number of carboxylic acids is 1. The Morgan fingerprint density at radius 3 is 2.35 bits per heavy atom. The molecule has 0 saturated carbocycles. The number of aromatic nitrogens is 2. The molecule has 2 aromatic carbocycles. The standard InChI is InChI=1S/C20H12ClF5N2O6/c1-27-16(20(24,25)26)7-17(29)28(19(27)32)12-6-14(10(21)5-11(12)23)34-15-4-9(22)2-3-13(15)33-8-18(30)31/h2-7H,8H2,1H3,(H,30,31). The summed E-state index contributed by atoms with van der Waals surface area (Å²) < 4.78 is 78.1. The molecule has 0 atom stereocenters. The van der Waals surface area contributed by atoms with Gasteiger partial charge in [-0.2, -0.15) is 13.2 Å². The van der Waals surface area contributed by atoms with Crippen LogP contribution in [0.1, 0.15) is 5.69 Å². The quantitative estimate of drug-likeness (QED) is 0.511. The maximum Gasteiger partial charge on any atom is 0.431 e. The van der Waals surface area contributed by atoms with Crippen LogP contribution in [0.25, 0.3) is 5.69 Å². The maximum atomic E-state index is 14.6. The van der Waals surface area contributed by atoms with Crippen molar-refractivity contribution in [3.8, 4) is 22.9 Å². The molecular weight excluding hydrogens is 495 g/mol. The van der Waals surface area contributed by atoms with Gasteiger partial charge in [-0.15, -0.1) is 0 Å². The van der Waals surface area contributed by atoms with E-state index in [1.54, 1.807) is 0 Å². The van der Waals surface area contributed by atoms with Gasteiger partial charge in [-0.1, -0.05) is 11.6 Å². The topological polar surface area (TPSA) is 99.8 Å². The zero-order chi connectivity index (χ0) is 25.4. The van der Waals surface area contributed by atoms with Crippen LogP contribution in [0.4, 0.5) is 22.0 Å². The van der Waals surface area contributed by atoms with E-state index in [0.29, 0.717) is 6.07 Å². The normalized spacial score (nSPS) is 11.4. The van der Waals surface area contributed by atoms with Crippen molar-refractivity contribution in [1.29, 1.82) is 0 Å². The lowest BCUT2D eigenvalue weighted by atomic mass is 10.2. The molecule has 0 amide bonds. The maximum absolute atomic E-state index is 14.6. The lowest BCUT2D eigenvalue weighted by Crippen LogP contribution is -2.41. The van der Waals surface area contributed by atoms with E-state index in [2.05, 4.69) is 0 Å². The highest BCUT2D eigenvalue weighted by molar-refractivity contribution is 6.32. The number of aliphatic carboxylic acids is 1. The minimum Gasteiger partial charge on any atom is -0.479 e. The summed E-state index contributed by atoms with van der Waals surface area (Å²) in [5, 5.41) is 8.33. The van der Waals surface area contributed by atoms with Crippen LogP contribution in [0.15, 0.2) is 46.0 Å². The molecule has 1 aromatic heterocycles. The lowest BCUT2D eigenvalue weighted by molar-refractivity contribution is -0.144. The van der Waals surface area contributed by atoms with Crippen LogP contribution in [0.3, 0.4) is 0 Å². The molecule has 0 unspecified atom stereocenters. The van der Waals surface area contributed by atoms with Gasteiger partial charge < -0.3 is 14.6 Å². The van der Waals surface area contributed by atoms with E-state index in [1.165, 1.54) is 0 Å². The average molecular weight is 507 g/mol. The van der Waals surface area contributed by atoms with Crippen LogP contribution < -0.4 is 20.7 Å². The number of rotatable bonds is 6. The number of alkyl halides is 3. The van der Waals surface area contributed by atoms with Crippen LogP contribution in [-0.4, -0.2) is 26.8 Å². The van der Waals surface area contributed by atoms with Crippen LogP contribution in [0.2, 0.25) is 5.02 Å². The molecule has 0 aliphatic rings. The second kappa shape index (κ2) is 9.17. The van der Waals surface area contributed by atoms with Crippen molar-refractivity contribution in [2.45, 2.75) is 6.18 Å². The summed E-state index contributed by atoms with van der Waals surface area (Å²) in [6.45, 7) is -0.818. The van der Waals surface area contributed by atoms with Crippen LogP contribution in [0, 0.1) is 11.6 Å². The van der Waals surface area contributed by atoms with Gasteiger partial charge in [0.25, 0.3) is 5.56 Å². The molecule has 3 rings (SSSR count). The van der Waals surface area contributed by atoms with Crippen molar-refractivity contribution in [3.05, 3.63) is 79.6 Å². The van der Waals surface area contributed by atoms with Crippen molar-refractivity contribution in [1.82, 2.24) is 9.13 Å². The first-order valence-electron chi connectivity index (χ1n) is 9.01. The van der Waals surface area contributed by atoms with Crippen molar-refractivity contribution in [2.24, 2.45) is 7.05 Å². The van der Waals surface area contributed by atoms with E-state index in [-0.39, 0.29) is 21.0 Å². The largest absolute Gasteiger partial charge is 0.479 e. The Morgan fingerprint density at radius 2 is 1.74 bits per heavy atom. The summed E-state index contributed by atoms with van der Waals surface area (Å²) in [5.41, 5.74) is -5.35. The minimum atomic E-state index is -5.03. The molecule has 14 heteroatoms. The van der Waals surface area contributed by atoms with Crippen molar-refractivity contribution >= 4 is 17.6 Å². The first-order chi connectivity index (χ1) is 15.8. The minimum absolute atomic E-state index is 0.112. The van der Waals surface area contributed by atoms with Gasteiger partial charge in [0.05, 0.1) is 10.7 Å². The number of halogens is 6. The number of benzene rings is 2. The van der Waals surface area contributed by atoms with Crippen molar-refractivity contribution in [3.63, 3.8) is 0 Å². The fraction of sp³-hybridized carbons (Fsp3) is 0.150. The second-order valence-electron chi connectivity index (χ2n) is 6.65. The van der Waals surface area contributed by atoms with E-state index in [1.807, 2.05) is 0 Å². The average Bonchev–Trinajstić information content (AvgIpc) is 2.72. The van der Waals surface area contributed by atoms with Gasteiger partial charge >= 0.3 is 17.8 Å². The van der Waals surface area contributed by atoms with Crippen LogP contribution in [0.5, 0.6) is 17.2 Å². The molecule has 0 fully saturated rings. The predicted molar refractivity (Wildman–Crippen MR) is 107 cm³/mol. The predicted octanol–water partition coefficient (Wildman–Crippen LogP) is 3.74. The monoisotopic (exact) mass is 506 g/mol. The number of carbonyl (C=O) groups is 1. The fourth-order valence-electron chi connectivity index (χ4n) is 2.83. The molecule has 0 aliphatic heterocycles. The SMILES string of the molecule is Cn1c(C(F)(F)F)cc(=O)n(-c2cc(Oc3cc(F)ccc3OCC(=O)O)c(Cl)cc2F)c1=O. The summed E-state index contributed by atoms with van der Waals surface area (Å²) in [7, 11) is 0.741. The number of ether oxygens (including phenoxy) is 2. The van der Waals surface area contributed by atoms with Crippen LogP contribution >= 0.6 is 11.6 Å². The molecule has 8 nitrogen and oxygen atoms in total. The van der Waals surface area contributed by atoms with Gasteiger partial charge in [0.2, 0.25) is 0 Å². The second-order valence-corrected chi connectivity index (χ2v) is 7.06. The molecule has 1 N–H and O–H groups in total.